The lowest BCUT2D eigenvalue weighted by molar-refractivity contribution is -0.870. The SMILES string of the molecule is CC/C=C\C/C=C\C/C=C\C/C=C\CCC(=O)NC(COP(=O)([O-])OCC[N+](C)(C)C)C(O)/C=C/CC/C=C/CCCCCCCCCCC. The van der Waals surface area contributed by atoms with Gasteiger partial charge in [0.1, 0.15) is 13.2 Å². The summed E-state index contributed by atoms with van der Waals surface area (Å²) < 4.78 is 23.0. The van der Waals surface area contributed by atoms with E-state index >= 15 is 0 Å². The van der Waals surface area contributed by atoms with Gasteiger partial charge in [0.25, 0.3) is 7.82 Å². The molecule has 8 nitrogen and oxygen atoms in total. The van der Waals surface area contributed by atoms with Crippen molar-refractivity contribution < 1.29 is 32.9 Å². The molecule has 0 aromatic carbocycles. The molecule has 0 aromatic rings. The number of phosphoric ester groups is 1. The molecule has 0 fully saturated rings. The summed E-state index contributed by atoms with van der Waals surface area (Å²) in [5.41, 5.74) is 0. The maximum absolute atomic E-state index is 12.7. The largest absolute Gasteiger partial charge is 0.756 e. The van der Waals surface area contributed by atoms with E-state index in [2.05, 4.69) is 67.8 Å². The summed E-state index contributed by atoms with van der Waals surface area (Å²) >= 11 is 0. The van der Waals surface area contributed by atoms with E-state index in [1.807, 2.05) is 39.4 Å². The number of aliphatic hydroxyl groups excluding tert-OH is 1. The Hall–Kier alpha value is -2.06. The zero-order chi connectivity index (χ0) is 37.2. The number of quaternary nitrogens is 1. The third-order valence-electron chi connectivity index (χ3n) is 7.91. The molecular formula is C41H73N2O6P. The van der Waals surface area contributed by atoms with Gasteiger partial charge >= 0.3 is 0 Å². The molecule has 3 atom stereocenters. The van der Waals surface area contributed by atoms with Crippen LogP contribution in [0.3, 0.4) is 0 Å². The van der Waals surface area contributed by atoms with Crippen molar-refractivity contribution in [1.82, 2.24) is 5.32 Å². The van der Waals surface area contributed by atoms with Crippen molar-refractivity contribution >= 4 is 13.7 Å². The molecule has 288 valence electrons. The van der Waals surface area contributed by atoms with Crippen molar-refractivity contribution in [3.8, 4) is 0 Å². The number of hydrogen-bond donors (Lipinski definition) is 2. The Kier molecular flexibility index (Phi) is 31.5. The second-order valence-corrected chi connectivity index (χ2v) is 15.3. The lowest BCUT2D eigenvalue weighted by atomic mass is 10.1. The second kappa shape index (κ2) is 32.8. The quantitative estimate of drug-likeness (QED) is 0.0303. The number of nitrogens with one attached hydrogen (secondary N) is 1. The zero-order valence-electron chi connectivity index (χ0n) is 32.3. The van der Waals surface area contributed by atoms with Crippen molar-refractivity contribution in [3.63, 3.8) is 0 Å². The molecule has 1 amide bonds. The summed E-state index contributed by atoms with van der Waals surface area (Å²) in [6.07, 6.45) is 42.5. The predicted molar refractivity (Wildman–Crippen MR) is 210 cm³/mol. The van der Waals surface area contributed by atoms with Crippen molar-refractivity contribution in [2.75, 3.05) is 40.9 Å². The van der Waals surface area contributed by atoms with Crippen LogP contribution in [-0.4, -0.2) is 68.5 Å². The van der Waals surface area contributed by atoms with Crippen LogP contribution in [-0.2, 0) is 18.4 Å². The number of likely N-dealkylation sites (N-methyl/N-ethyl adjacent to an activating group) is 1. The topological polar surface area (TPSA) is 108 Å². The maximum atomic E-state index is 12.7. The average molecular weight is 721 g/mol. The van der Waals surface area contributed by atoms with Crippen LogP contribution in [0.15, 0.2) is 72.9 Å². The van der Waals surface area contributed by atoms with Crippen LogP contribution in [0.25, 0.3) is 0 Å². The summed E-state index contributed by atoms with van der Waals surface area (Å²) in [5.74, 6) is -0.292. The van der Waals surface area contributed by atoms with Gasteiger partial charge in [-0.05, 0) is 57.8 Å². The highest BCUT2D eigenvalue weighted by atomic mass is 31.2. The highest BCUT2D eigenvalue weighted by Crippen LogP contribution is 2.38. The highest BCUT2D eigenvalue weighted by molar-refractivity contribution is 7.45. The Morgan fingerprint density at radius 1 is 0.720 bits per heavy atom. The molecule has 0 saturated carbocycles. The van der Waals surface area contributed by atoms with E-state index in [-0.39, 0.29) is 18.9 Å². The number of phosphoric acid groups is 1. The number of carbonyl (C=O) groups is 1. The smallest absolute Gasteiger partial charge is 0.268 e. The maximum Gasteiger partial charge on any atom is 0.268 e. The standard InChI is InChI=1S/C41H73N2O6P/c1-6-8-10-12-14-16-18-20-21-23-24-26-28-30-32-34-40(44)39(38-49-50(46,47)48-37-36-43(3,4)5)42-41(45)35-33-31-29-27-25-22-19-17-15-13-11-9-7-2/h9,11,15,17,22,24-26,29,31-32,34,39-40,44H,6-8,10,12-14,16,18-21,23,27-28,30,33,35-38H2,1-5H3,(H-,42,45,46,47)/b11-9-,17-15-,25-22-,26-24+,31-29-,34-32+. The fraction of sp³-hybridized carbons (Fsp3) is 0.683. The number of nitrogens with zero attached hydrogens (tertiary/aromatic N) is 1. The van der Waals surface area contributed by atoms with Gasteiger partial charge in [-0.15, -0.1) is 0 Å². The van der Waals surface area contributed by atoms with Gasteiger partial charge in [0.05, 0.1) is 39.9 Å². The van der Waals surface area contributed by atoms with E-state index in [0.29, 0.717) is 17.4 Å². The minimum atomic E-state index is -4.61. The molecule has 0 spiro atoms. The molecule has 0 aromatic heterocycles. The molecule has 0 radical (unpaired) electrons. The van der Waals surface area contributed by atoms with Crippen molar-refractivity contribution in [2.45, 2.75) is 142 Å². The van der Waals surface area contributed by atoms with Crippen molar-refractivity contribution in [1.29, 1.82) is 0 Å². The molecule has 2 N–H and O–H groups in total. The fourth-order valence-electron chi connectivity index (χ4n) is 4.82. The van der Waals surface area contributed by atoms with Crippen LogP contribution in [0.4, 0.5) is 0 Å². The highest BCUT2D eigenvalue weighted by Gasteiger charge is 2.23. The van der Waals surface area contributed by atoms with Crippen LogP contribution in [0.5, 0.6) is 0 Å². The van der Waals surface area contributed by atoms with Gasteiger partial charge in [-0.25, -0.2) is 0 Å². The third kappa shape index (κ3) is 34.4. The number of hydrogen-bond acceptors (Lipinski definition) is 6. The number of aliphatic hydroxyl groups is 1. The minimum Gasteiger partial charge on any atom is -0.756 e. The van der Waals surface area contributed by atoms with Gasteiger partial charge in [-0.2, -0.15) is 0 Å². The van der Waals surface area contributed by atoms with E-state index in [9.17, 15) is 19.4 Å². The van der Waals surface area contributed by atoms with E-state index in [4.69, 9.17) is 9.05 Å². The first-order chi connectivity index (χ1) is 24.0. The summed E-state index contributed by atoms with van der Waals surface area (Å²) in [7, 11) is 1.18. The first-order valence-electron chi connectivity index (χ1n) is 19.3. The summed E-state index contributed by atoms with van der Waals surface area (Å²) in [4.78, 5) is 25.1. The Bertz CT molecular complexity index is 1040. The van der Waals surface area contributed by atoms with E-state index in [1.165, 1.54) is 57.8 Å². The monoisotopic (exact) mass is 721 g/mol. The minimum absolute atomic E-state index is 0.0225. The first-order valence-corrected chi connectivity index (χ1v) is 20.8. The molecule has 0 heterocycles. The van der Waals surface area contributed by atoms with Gasteiger partial charge in [-0.3, -0.25) is 9.36 Å². The van der Waals surface area contributed by atoms with Crippen molar-refractivity contribution in [2.24, 2.45) is 0 Å². The molecule has 0 aliphatic carbocycles. The summed E-state index contributed by atoms with van der Waals surface area (Å²) in [6.45, 7) is 4.41. The van der Waals surface area contributed by atoms with Gasteiger partial charge in [0, 0.05) is 6.42 Å². The van der Waals surface area contributed by atoms with Crippen molar-refractivity contribution in [3.05, 3.63) is 72.9 Å². The van der Waals surface area contributed by atoms with Gasteiger partial charge in [0.2, 0.25) is 5.91 Å². The zero-order valence-corrected chi connectivity index (χ0v) is 33.2. The predicted octanol–water partition coefficient (Wildman–Crippen LogP) is 9.44. The number of allylic oxidation sites excluding steroid dienone is 11. The van der Waals surface area contributed by atoms with Crippen LogP contribution < -0.4 is 10.2 Å². The molecule has 0 bridgehead atoms. The van der Waals surface area contributed by atoms with Crippen LogP contribution in [0.2, 0.25) is 0 Å². The number of rotatable bonds is 33. The van der Waals surface area contributed by atoms with Gasteiger partial charge in [0.15, 0.2) is 0 Å². The number of carbonyl (C=O) groups excluding carboxylic acids is 1. The van der Waals surface area contributed by atoms with E-state index < -0.39 is 26.6 Å². The first kappa shape index (κ1) is 47.9. The molecule has 9 heteroatoms. The molecule has 3 unspecified atom stereocenters. The lowest BCUT2D eigenvalue weighted by Crippen LogP contribution is -2.45. The van der Waals surface area contributed by atoms with Crippen LogP contribution in [0, 0.1) is 0 Å². The molecule has 0 aliphatic heterocycles. The van der Waals surface area contributed by atoms with E-state index in [1.54, 1.807) is 6.08 Å². The van der Waals surface area contributed by atoms with E-state index in [0.717, 1.165) is 44.9 Å². The Labute approximate surface area is 306 Å². The molecular weight excluding hydrogens is 647 g/mol. The van der Waals surface area contributed by atoms with Gasteiger partial charge < -0.3 is 28.8 Å². The Balaban J connectivity index is 4.72. The molecule has 0 saturated heterocycles. The fourth-order valence-corrected chi connectivity index (χ4v) is 5.55. The lowest BCUT2D eigenvalue weighted by Gasteiger charge is -2.29. The number of amides is 1. The summed E-state index contributed by atoms with van der Waals surface area (Å²) in [5, 5.41) is 13.6. The van der Waals surface area contributed by atoms with Crippen LogP contribution in [0.1, 0.15) is 129 Å². The second-order valence-electron chi connectivity index (χ2n) is 13.9. The molecule has 50 heavy (non-hydrogen) atoms. The Morgan fingerprint density at radius 2 is 1.24 bits per heavy atom. The number of unbranched alkanes of at least 4 members (excludes halogenated alkanes) is 10. The average Bonchev–Trinajstić information content (AvgIpc) is 3.06. The normalized spacial score (nSPS) is 15.4. The van der Waals surface area contributed by atoms with Gasteiger partial charge in [-0.1, -0.05) is 138 Å². The molecule has 0 rings (SSSR count). The summed E-state index contributed by atoms with van der Waals surface area (Å²) in [6, 6.07) is -0.942. The molecule has 0 aliphatic rings. The van der Waals surface area contributed by atoms with Crippen LogP contribution >= 0.6 is 7.82 Å². The Morgan fingerprint density at radius 3 is 1.84 bits per heavy atom. The third-order valence-corrected chi connectivity index (χ3v) is 8.88.